The number of ether oxygens (including phenoxy) is 1. The topological polar surface area (TPSA) is 100 Å². The van der Waals surface area contributed by atoms with E-state index in [4.69, 9.17) is 4.74 Å². The molecule has 1 amide bonds. The number of anilines is 1. The first-order valence-corrected chi connectivity index (χ1v) is 14.3. The number of carbonyl (C=O) groups is 1. The summed E-state index contributed by atoms with van der Waals surface area (Å²) in [5.74, 6) is -0.357. The minimum absolute atomic E-state index is 0.0474. The van der Waals surface area contributed by atoms with Crippen LogP contribution in [-0.4, -0.2) is 63.1 Å². The maximum atomic E-state index is 14.0. The van der Waals surface area contributed by atoms with Gasteiger partial charge in [-0.1, -0.05) is 12.1 Å². The van der Waals surface area contributed by atoms with Crippen LogP contribution >= 0.6 is 0 Å². The summed E-state index contributed by atoms with van der Waals surface area (Å²) in [4.78, 5) is 22.4. The van der Waals surface area contributed by atoms with Gasteiger partial charge in [0.05, 0.1) is 31.5 Å². The SMILES string of the molecule is COc1ccc(CN2NCC(N[C@@H](C)CCCn3cc4c(n3)CCN(c3ncc(C(F)(F)F)cn3)C4)=C(C(F)(F)F)C2=O)cc1. The van der Waals surface area contributed by atoms with Crippen molar-refractivity contribution >= 4 is 11.9 Å². The molecule has 16 heteroatoms. The van der Waals surface area contributed by atoms with Gasteiger partial charge in [0.2, 0.25) is 5.95 Å². The summed E-state index contributed by atoms with van der Waals surface area (Å²) in [7, 11) is 1.51. The number of fused-ring (bicyclic) bond motifs is 1. The van der Waals surface area contributed by atoms with Crippen LogP contribution in [0.1, 0.15) is 42.1 Å². The maximum absolute atomic E-state index is 14.0. The van der Waals surface area contributed by atoms with Crippen LogP contribution in [0.3, 0.4) is 0 Å². The van der Waals surface area contributed by atoms with Gasteiger partial charge in [-0.3, -0.25) is 14.5 Å². The zero-order chi connectivity index (χ0) is 32.4. The minimum Gasteiger partial charge on any atom is -0.497 e. The zero-order valence-electron chi connectivity index (χ0n) is 24.5. The molecule has 2 aliphatic heterocycles. The Kier molecular flexibility index (Phi) is 9.23. The summed E-state index contributed by atoms with van der Waals surface area (Å²) >= 11 is 0. The number of nitrogens with one attached hydrogen (secondary N) is 2. The molecule has 242 valence electrons. The van der Waals surface area contributed by atoms with Crippen molar-refractivity contribution in [1.82, 2.24) is 35.5 Å². The average Bonchev–Trinajstić information content (AvgIpc) is 3.40. The van der Waals surface area contributed by atoms with Crippen molar-refractivity contribution in [2.75, 3.05) is 25.1 Å². The van der Waals surface area contributed by atoms with E-state index in [1.165, 1.54) is 7.11 Å². The molecule has 0 spiro atoms. The molecule has 1 atom stereocenters. The lowest BCUT2D eigenvalue weighted by molar-refractivity contribution is -0.145. The first-order chi connectivity index (χ1) is 21.3. The van der Waals surface area contributed by atoms with Crippen molar-refractivity contribution in [3.63, 3.8) is 0 Å². The fraction of sp³-hybridized carbons (Fsp3) is 0.448. The van der Waals surface area contributed by atoms with Gasteiger partial charge in [-0.15, -0.1) is 0 Å². The molecule has 0 unspecified atom stereocenters. The Morgan fingerprint density at radius 3 is 2.42 bits per heavy atom. The zero-order valence-corrected chi connectivity index (χ0v) is 24.5. The first kappa shape index (κ1) is 32.1. The summed E-state index contributed by atoms with van der Waals surface area (Å²) in [6.45, 7) is 2.92. The average molecular weight is 639 g/mol. The summed E-state index contributed by atoms with van der Waals surface area (Å²) in [6.07, 6.45) is -4.29. The van der Waals surface area contributed by atoms with Gasteiger partial charge in [-0.05, 0) is 37.5 Å². The Morgan fingerprint density at radius 2 is 1.78 bits per heavy atom. The van der Waals surface area contributed by atoms with Crippen LogP contribution in [0.25, 0.3) is 0 Å². The highest BCUT2D eigenvalue weighted by atomic mass is 19.4. The Labute approximate surface area is 255 Å². The number of hydrogen-bond acceptors (Lipinski definition) is 8. The smallest absolute Gasteiger partial charge is 0.423 e. The number of methoxy groups -OCH3 is 1. The number of hydrogen-bond donors (Lipinski definition) is 2. The number of halogens is 6. The Balaban J connectivity index is 1.15. The van der Waals surface area contributed by atoms with E-state index in [1.54, 1.807) is 40.8 Å². The normalized spacial score (nSPS) is 16.6. The van der Waals surface area contributed by atoms with Crippen LogP contribution in [0, 0.1) is 0 Å². The first-order valence-electron chi connectivity index (χ1n) is 14.3. The molecule has 4 heterocycles. The quantitative estimate of drug-likeness (QED) is 0.316. The molecule has 0 saturated heterocycles. The third-order valence-electron chi connectivity index (χ3n) is 7.59. The van der Waals surface area contributed by atoms with Gasteiger partial charge in [0.1, 0.15) is 11.3 Å². The highest BCUT2D eigenvalue weighted by Gasteiger charge is 2.45. The molecular weight excluding hydrogens is 606 g/mol. The molecule has 0 aliphatic carbocycles. The number of alkyl halides is 6. The van der Waals surface area contributed by atoms with E-state index in [0.717, 1.165) is 28.7 Å². The van der Waals surface area contributed by atoms with Gasteiger partial charge in [0.15, 0.2) is 0 Å². The highest BCUT2D eigenvalue weighted by molar-refractivity contribution is 5.96. The van der Waals surface area contributed by atoms with Crippen LogP contribution in [0.4, 0.5) is 32.3 Å². The van der Waals surface area contributed by atoms with Gasteiger partial charge >= 0.3 is 12.4 Å². The minimum atomic E-state index is -4.84. The predicted octanol–water partition coefficient (Wildman–Crippen LogP) is 4.38. The van der Waals surface area contributed by atoms with E-state index < -0.39 is 29.4 Å². The van der Waals surface area contributed by atoms with Crippen molar-refractivity contribution in [3.8, 4) is 5.75 Å². The number of aromatic nitrogens is 4. The number of nitrogens with zero attached hydrogens (tertiary/aromatic N) is 6. The number of aryl methyl sites for hydroxylation is 1. The maximum Gasteiger partial charge on any atom is 0.423 e. The monoisotopic (exact) mass is 638 g/mol. The van der Waals surface area contributed by atoms with Gasteiger partial charge in [0, 0.05) is 61.9 Å². The lowest BCUT2D eigenvalue weighted by Crippen LogP contribution is -2.53. The second kappa shape index (κ2) is 12.9. The highest BCUT2D eigenvalue weighted by Crippen LogP contribution is 2.32. The summed E-state index contributed by atoms with van der Waals surface area (Å²) in [5, 5.41) is 8.45. The predicted molar refractivity (Wildman–Crippen MR) is 150 cm³/mol. The van der Waals surface area contributed by atoms with E-state index in [9.17, 15) is 31.1 Å². The number of hydrazine groups is 1. The third kappa shape index (κ3) is 7.67. The van der Waals surface area contributed by atoms with E-state index in [-0.39, 0.29) is 30.8 Å². The number of rotatable bonds is 10. The number of amides is 1. The van der Waals surface area contributed by atoms with Crippen molar-refractivity contribution in [3.05, 3.63) is 76.5 Å². The van der Waals surface area contributed by atoms with Crippen LogP contribution in [0.5, 0.6) is 5.75 Å². The fourth-order valence-corrected chi connectivity index (χ4v) is 5.27. The van der Waals surface area contributed by atoms with Crippen molar-refractivity contribution in [1.29, 1.82) is 0 Å². The second-order valence-corrected chi connectivity index (χ2v) is 10.9. The molecule has 0 saturated carbocycles. The molecule has 0 bridgehead atoms. The van der Waals surface area contributed by atoms with Crippen molar-refractivity contribution < 1.29 is 35.9 Å². The molecule has 2 aromatic heterocycles. The van der Waals surface area contributed by atoms with Gasteiger partial charge in [-0.2, -0.15) is 31.4 Å². The molecule has 1 aromatic carbocycles. The van der Waals surface area contributed by atoms with E-state index in [0.29, 0.717) is 50.2 Å². The van der Waals surface area contributed by atoms with Gasteiger partial charge in [0.25, 0.3) is 5.91 Å². The van der Waals surface area contributed by atoms with E-state index >= 15 is 0 Å². The number of benzene rings is 1. The van der Waals surface area contributed by atoms with Crippen LogP contribution in [0.15, 0.2) is 54.1 Å². The standard InChI is InChI=1S/C29H32F6N8O2/c1-18(39-24-14-38-43(26(44)25(24)29(33,34)35)15-19-5-7-22(45-2)8-6-19)4-3-10-42-17-20-16-41(11-9-23(20)40-42)27-36-12-21(13-37-27)28(30,31)32/h5-8,12-13,17-18,38-39H,3-4,9-11,14-16H2,1-2H3/t18-/m0/s1. The summed E-state index contributed by atoms with van der Waals surface area (Å²) in [6, 6.07) is 6.34. The molecule has 3 aromatic rings. The van der Waals surface area contributed by atoms with Crippen LogP contribution in [0.2, 0.25) is 0 Å². The Morgan fingerprint density at radius 1 is 1.07 bits per heavy atom. The molecular formula is C29H32F6N8O2. The van der Waals surface area contributed by atoms with Gasteiger partial charge in [-0.25, -0.2) is 15.4 Å². The van der Waals surface area contributed by atoms with E-state index in [2.05, 4.69) is 25.8 Å². The lowest BCUT2D eigenvalue weighted by Gasteiger charge is -2.33. The largest absolute Gasteiger partial charge is 0.497 e. The molecule has 5 rings (SSSR count). The summed E-state index contributed by atoms with van der Waals surface area (Å²) < 4.78 is 87.5. The molecule has 0 radical (unpaired) electrons. The number of carbonyl (C=O) groups excluding carboxylic acids is 1. The van der Waals surface area contributed by atoms with Crippen molar-refractivity contribution in [2.45, 2.75) is 64.2 Å². The van der Waals surface area contributed by atoms with E-state index in [1.807, 2.05) is 6.20 Å². The van der Waals surface area contributed by atoms with Crippen LogP contribution in [-0.2, 0) is 37.0 Å². The molecule has 2 aliphatic rings. The lowest BCUT2D eigenvalue weighted by atomic mass is 10.1. The Bertz CT molecular complexity index is 1520. The molecule has 45 heavy (non-hydrogen) atoms. The molecule has 0 fully saturated rings. The Hall–Kier alpha value is -4.34. The second-order valence-electron chi connectivity index (χ2n) is 10.9. The fourth-order valence-electron chi connectivity index (χ4n) is 5.27. The van der Waals surface area contributed by atoms with Crippen LogP contribution < -0.4 is 20.4 Å². The van der Waals surface area contributed by atoms with Gasteiger partial charge < -0.3 is 15.0 Å². The van der Waals surface area contributed by atoms with Crippen molar-refractivity contribution in [2.24, 2.45) is 0 Å². The molecule has 10 nitrogen and oxygen atoms in total. The third-order valence-corrected chi connectivity index (χ3v) is 7.59. The summed E-state index contributed by atoms with van der Waals surface area (Å²) in [5.41, 5.74) is 2.88. The molecule has 2 N–H and O–H groups in total.